The molecule has 19 heavy (non-hydrogen) atoms. The average molecular weight is 316 g/mol. The van der Waals surface area contributed by atoms with Gasteiger partial charge >= 0.3 is 0 Å². The second-order valence-electron chi connectivity index (χ2n) is 5.25. The van der Waals surface area contributed by atoms with Crippen LogP contribution in [-0.2, 0) is 6.42 Å². The Morgan fingerprint density at radius 2 is 2.00 bits per heavy atom. The number of halogens is 1. The van der Waals surface area contributed by atoms with E-state index in [2.05, 4.69) is 70.6 Å². The summed E-state index contributed by atoms with van der Waals surface area (Å²) in [6.07, 6.45) is 3.70. The van der Waals surface area contributed by atoms with Gasteiger partial charge in [-0.25, -0.2) is 0 Å². The summed E-state index contributed by atoms with van der Waals surface area (Å²) in [5.41, 5.74) is 5.45. The number of rotatable bonds is 2. The summed E-state index contributed by atoms with van der Waals surface area (Å²) in [5.74, 6) is 0. The number of fused-ring (bicyclic) bond motifs is 1. The molecular formula is C17H18BrN. The standard InChI is InChI=1S/C17H18BrN/c1-12-11-14(9-10-16(12)18)19-17-8-4-6-13-5-2-3-7-15(13)17/h2-3,5,7,9-11,17,19H,4,6,8H2,1H3. The van der Waals surface area contributed by atoms with Gasteiger partial charge in [0.1, 0.15) is 0 Å². The molecule has 0 fully saturated rings. The third kappa shape index (κ3) is 2.69. The Labute approximate surface area is 123 Å². The first kappa shape index (κ1) is 12.7. The lowest BCUT2D eigenvalue weighted by Gasteiger charge is -2.27. The maximum atomic E-state index is 3.68. The van der Waals surface area contributed by atoms with E-state index in [9.17, 15) is 0 Å². The molecule has 0 bridgehead atoms. The summed E-state index contributed by atoms with van der Waals surface area (Å²) < 4.78 is 1.17. The van der Waals surface area contributed by atoms with Crippen molar-refractivity contribution in [2.75, 3.05) is 5.32 Å². The van der Waals surface area contributed by atoms with Crippen molar-refractivity contribution in [3.05, 3.63) is 63.6 Å². The summed E-state index contributed by atoms with van der Waals surface area (Å²) in [4.78, 5) is 0. The third-order valence-corrected chi connectivity index (χ3v) is 4.76. The maximum absolute atomic E-state index is 3.68. The number of hydrogen-bond donors (Lipinski definition) is 1. The second kappa shape index (κ2) is 5.38. The SMILES string of the molecule is Cc1cc(NC2CCCc3ccccc32)ccc1Br. The lowest BCUT2D eigenvalue weighted by molar-refractivity contribution is 0.600. The molecule has 0 amide bonds. The van der Waals surface area contributed by atoms with E-state index in [1.54, 1.807) is 0 Å². The van der Waals surface area contributed by atoms with Crippen LogP contribution in [0.15, 0.2) is 46.9 Å². The largest absolute Gasteiger partial charge is 0.378 e. The number of nitrogens with one attached hydrogen (secondary N) is 1. The van der Waals surface area contributed by atoms with E-state index >= 15 is 0 Å². The van der Waals surface area contributed by atoms with E-state index < -0.39 is 0 Å². The van der Waals surface area contributed by atoms with Crippen LogP contribution in [0.3, 0.4) is 0 Å². The van der Waals surface area contributed by atoms with E-state index in [4.69, 9.17) is 0 Å². The number of aryl methyl sites for hydroxylation is 2. The summed E-state index contributed by atoms with van der Waals surface area (Å²) in [5, 5.41) is 3.68. The van der Waals surface area contributed by atoms with Crippen LogP contribution in [0.1, 0.15) is 35.6 Å². The molecule has 2 aromatic rings. The molecule has 1 aliphatic carbocycles. The van der Waals surface area contributed by atoms with Crippen molar-refractivity contribution >= 4 is 21.6 Å². The molecule has 0 aliphatic heterocycles. The highest BCUT2D eigenvalue weighted by Gasteiger charge is 2.19. The molecule has 1 atom stereocenters. The van der Waals surface area contributed by atoms with Gasteiger partial charge in [0.2, 0.25) is 0 Å². The molecule has 1 unspecified atom stereocenters. The number of benzene rings is 2. The highest BCUT2D eigenvalue weighted by atomic mass is 79.9. The summed E-state index contributed by atoms with van der Waals surface area (Å²) >= 11 is 3.55. The van der Waals surface area contributed by atoms with E-state index in [1.807, 2.05) is 0 Å². The number of anilines is 1. The van der Waals surface area contributed by atoms with E-state index in [-0.39, 0.29) is 0 Å². The van der Waals surface area contributed by atoms with Gasteiger partial charge in [0.15, 0.2) is 0 Å². The molecule has 0 aromatic heterocycles. The van der Waals surface area contributed by atoms with Crippen molar-refractivity contribution in [2.24, 2.45) is 0 Å². The highest BCUT2D eigenvalue weighted by Crippen LogP contribution is 2.33. The fourth-order valence-electron chi connectivity index (χ4n) is 2.84. The Morgan fingerprint density at radius 3 is 2.84 bits per heavy atom. The lowest BCUT2D eigenvalue weighted by atomic mass is 9.87. The summed E-state index contributed by atoms with van der Waals surface area (Å²) in [6, 6.07) is 15.7. The molecule has 0 heterocycles. The number of hydrogen-bond acceptors (Lipinski definition) is 1. The molecule has 0 saturated heterocycles. The van der Waals surface area contributed by atoms with Crippen molar-refractivity contribution in [1.29, 1.82) is 0 Å². The van der Waals surface area contributed by atoms with Gasteiger partial charge in [-0.1, -0.05) is 40.2 Å². The minimum absolute atomic E-state index is 0.450. The highest BCUT2D eigenvalue weighted by molar-refractivity contribution is 9.10. The molecule has 0 radical (unpaired) electrons. The van der Waals surface area contributed by atoms with Crippen molar-refractivity contribution in [2.45, 2.75) is 32.2 Å². The first-order chi connectivity index (χ1) is 9.24. The lowest BCUT2D eigenvalue weighted by Crippen LogP contribution is -2.17. The summed E-state index contributed by atoms with van der Waals surface area (Å²) in [6.45, 7) is 2.13. The first-order valence-corrected chi connectivity index (χ1v) is 7.64. The molecule has 2 heteroatoms. The van der Waals surface area contributed by atoms with Crippen LogP contribution < -0.4 is 5.32 Å². The van der Waals surface area contributed by atoms with Gasteiger partial charge in [-0.2, -0.15) is 0 Å². The zero-order valence-electron chi connectivity index (χ0n) is 11.1. The van der Waals surface area contributed by atoms with Crippen LogP contribution in [0.5, 0.6) is 0 Å². The van der Waals surface area contributed by atoms with E-state index in [0.29, 0.717) is 6.04 Å². The van der Waals surface area contributed by atoms with Gasteiger partial charge in [-0.3, -0.25) is 0 Å². The third-order valence-electron chi connectivity index (χ3n) is 3.87. The van der Waals surface area contributed by atoms with Gasteiger partial charge in [0.25, 0.3) is 0 Å². The van der Waals surface area contributed by atoms with Crippen LogP contribution in [0.25, 0.3) is 0 Å². The summed E-state index contributed by atoms with van der Waals surface area (Å²) in [7, 11) is 0. The molecule has 1 N–H and O–H groups in total. The maximum Gasteiger partial charge on any atom is 0.0516 e. The predicted molar refractivity (Wildman–Crippen MR) is 84.6 cm³/mol. The van der Waals surface area contributed by atoms with Crippen molar-refractivity contribution in [1.82, 2.24) is 0 Å². The Balaban J connectivity index is 1.86. The molecule has 0 saturated carbocycles. The second-order valence-corrected chi connectivity index (χ2v) is 6.11. The minimum Gasteiger partial charge on any atom is -0.378 e. The zero-order valence-corrected chi connectivity index (χ0v) is 12.7. The van der Waals surface area contributed by atoms with E-state index in [0.717, 1.165) is 0 Å². The van der Waals surface area contributed by atoms with Crippen molar-refractivity contribution < 1.29 is 0 Å². The van der Waals surface area contributed by atoms with E-state index in [1.165, 1.54) is 46.1 Å². The Kier molecular flexibility index (Phi) is 3.61. The fraction of sp³-hybridized carbons (Fsp3) is 0.294. The topological polar surface area (TPSA) is 12.0 Å². The molecular weight excluding hydrogens is 298 g/mol. The molecule has 0 spiro atoms. The van der Waals surface area contributed by atoms with Crippen molar-refractivity contribution in [3.8, 4) is 0 Å². The molecule has 1 nitrogen and oxygen atoms in total. The predicted octanol–water partition coefficient (Wildman–Crippen LogP) is 5.25. The van der Waals surface area contributed by atoms with Crippen LogP contribution >= 0.6 is 15.9 Å². The quantitative estimate of drug-likeness (QED) is 0.798. The minimum atomic E-state index is 0.450. The Bertz CT molecular complexity index is 592. The van der Waals surface area contributed by atoms with Crippen LogP contribution in [0.4, 0.5) is 5.69 Å². The van der Waals surface area contributed by atoms with Crippen molar-refractivity contribution in [3.63, 3.8) is 0 Å². The van der Waals surface area contributed by atoms with Crippen LogP contribution in [-0.4, -0.2) is 0 Å². The molecule has 3 rings (SSSR count). The smallest absolute Gasteiger partial charge is 0.0516 e. The van der Waals surface area contributed by atoms with Gasteiger partial charge in [-0.15, -0.1) is 0 Å². The first-order valence-electron chi connectivity index (χ1n) is 6.84. The Morgan fingerprint density at radius 1 is 1.16 bits per heavy atom. The van der Waals surface area contributed by atoms with Gasteiger partial charge in [-0.05, 0) is 61.1 Å². The molecule has 2 aromatic carbocycles. The fourth-order valence-corrected chi connectivity index (χ4v) is 3.09. The normalized spacial score (nSPS) is 17.9. The van der Waals surface area contributed by atoms with Gasteiger partial charge < -0.3 is 5.32 Å². The Hall–Kier alpha value is -1.28. The average Bonchev–Trinajstić information content (AvgIpc) is 2.43. The van der Waals surface area contributed by atoms with Crippen LogP contribution in [0, 0.1) is 6.92 Å². The van der Waals surface area contributed by atoms with Crippen LogP contribution in [0.2, 0.25) is 0 Å². The molecule has 1 aliphatic rings. The van der Waals surface area contributed by atoms with Gasteiger partial charge in [0.05, 0.1) is 6.04 Å². The zero-order chi connectivity index (χ0) is 13.2. The van der Waals surface area contributed by atoms with Gasteiger partial charge in [0, 0.05) is 10.2 Å². The monoisotopic (exact) mass is 315 g/mol. The molecule has 98 valence electrons.